The molecule has 0 unspecified atom stereocenters. The summed E-state index contributed by atoms with van der Waals surface area (Å²) in [6.45, 7) is 1.55. The van der Waals surface area contributed by atoms with Crippen LogP contribution in [0.2, 0.25) is 0 Å². The van der Waals surface area contributed by atoms with E-state index in [1.54, 1.807) is 38.5 Å². The predicted molar refractivity (Wildman–Crippen MR) is 121 cm³/mol. The number of benzene rings is 2. The fraction of sp³-hybridized carbons (Fsp3) is 0.286. The van der Waals surface area contributed by atoms with Gasteiger partial charge in [-0.3, -0.25) is 20.2 Å². The van der Waals surface area contributed by atoms with Crippen LogP contribution >= 0.6 is 0 Å². The Morgan fingerprint density at radius 1 is 0.848 bits per heavy atom. The molecule has 3 aromatic rings. The fourth-order valence-electron chi connectivity index (χ4n) is 2.63. The summed E-state index contributed by atoms with van der Waals surface area (Å²) in [5.74, 6) is 0.854. The Morgan fingerprint density at radius 2 is 1.45 bits per heavy atom. The number of methoxy groups -OCH3 is 2. The second kappa shape index (κ2) is 12.7. The Balaban J connectivity index is 0.000000238. The summed E-state index contributed by atoms with van der Waals surface area (Å²) in [5, 5.41) is 22.2. The van der Waals surface area contributed by atoms with Crippen LogP contribution < -0.4 is 15.2 Å². The number of nitrogens with zero attached hydrogens (tertiary/aromatic N) is 3. The van der Waals surface area contributed by atoms with Gasteiger partial charge in [-0.2, -0.15) is 0 Å². The van der Waals surface area contributed by atoms with E-state index in [1.807, 2.05) is 0 Å². The monoisotopic (exact) mass is 460 g/mol. The van der Waals surface area contributed by atoms with Crippen molar-refractivity contribution in [2.45, 2.75) is 0 Å². The molecule has 3 rings (SSSR count). The Bertz CT molecular complexity index is 1090. The van der Waals surface area contributed by atoms with Crippen molar-refractivity contribution < 1.29 is 28.8 Å². The Kier molecular flexibility index (Phi) is 9.74. The van der Waals surface area contributed by atoms with Crippen LogP contribution in [0.4, 0.5) is 17.1 Å². The molecule has 0 aliphatic carbocycles. The molecule has 1 aromatic heterocycles. The highest BCUT2D eigenvalue weighted by atomic mass is 16.6. The van der Waals surface area contributed by atoms with Crippen LogP contribution in [0, 0.1) is 20.2 Å². The first-order valence-electron chi connectivity index (χ1n) is 9.68. The third-order valence-corrected chi connectivity index (χ3v) is 4.17. The van der Waals surface area contributed by atoms with Gasteiger partial charge in [0.2, 0.25) is 0 Å². The number of nitro benzene ring substituents is 2. The highest BCUT2D eigenvalue weighted by molar-refractivity contribution is 5.88. The van der Waals surface area contributed by atoms with Gasteiger partial charge >= 0.3 is 0 Å². The number of ether oxygens (including phenoxy) is 4. The maximum Gasteiger partial charge on any atom is 0.299 e. The number of rotatable bonds is 10. The Morgan fingerprint density at radius 3 is 2.06 bits per heavy atom. The first kappa shape index (κ1) is 25.2. The lowest BCUT2D eigenvalue weighted by Crippen LogP contribution is -2.05. The molecule has 1 heterocycles. The third kappa shape index (κ3) is 7.55. The van der Waals surface area contributed by atoms with Gasteiger partial charge in [-0.15, -0.1) is 0 Å². The van der Waals surface area contributed by atoms with Crippen LogP contribution in [-0.4, -0.2) is 55.5 Å². The van der Waals surface area contributed by atoms with Gasteiger partial charge < -0.3 is 24.7 Å². The quantitative estimate of drug-likeness (QED) is 0.205. The van der Waals surface area contributed by atoms with Gasteiger partial charge in [0, 0.05) is 25.8 Å². The molecule has 176 valence electrons. The van der Waals surface area contributed by atoms with Crippen LogP contribution in [0.15, 0.2) is 48.7 Å². The SMILES string of the molecule is COCCOc1cc([N+](=O)[O-])c2ncccc2c1.COCCOc1ccc(N)c([N+](=O)[O-])c1. The lowest BCUT2D eigenvalue weighted by Gasteiger charge is -2.06. The van der Waals surface area contributed by atoms with Crippen LogP contribution in [0.3, 0.4) is 0 Å². The number of fused-ring (bicyclic) bond motifs is 1. The van der Waals surface area contributed by atoms with E-state index >= 15 is 0 Å². The molecule has 0 bridgehead atoms. The summed E-state index contributed by atoms with van der Waals surface area (Å²) in [4.78, 5) is 24.5. The third-order valence-electron chi connectivity index (χ3n) is 4.17. The molecule has 0 aliphatic heterocycles. The molecule has 0 amide bonds. The normalized spacial score (nSPS) is 10.2. The standard InChI is InChI=1S/C12H12N2O4.C9H12N2O4/c1-17-5-6-18-10-7-9-3-2-4-13-12(9)11(8-10)14(15)16;1-14-4-5-15-7-2-3-8(10)9(6-7)11(12)13/h2-4,7-8H,5-6H2,1H3;2-3,6H,4-5,10H2,1H3. The summed E-state index contributed by atoms with van der Waals surface area (Å²) in [6, 6.07) is 10.9. The summed E-state index contributed by atoms with van der Waals surface area (Å²) in [7, 11) is 3.12. The number of nitrogen functional groups attached to an aromatic ring is 1. The number of nitrogens with two attached hydrogens (primary N) is 1. The molecule has 0 fully saturated rings. The van der Waals surface area contributed by atoms with Crippen molar-refractivity contribution in [3.63, 3.8) is 0 Å². The van der Waals surface area contributed by atoms with Gasteiger partial charge in [0.25, 0.3) is 11.4 Å². The highest BCUT2D eigenvalue weighted by Crippen LogP contribution is 2.29. The predicted octanol–water partition coefficient (Wildman–Crippen LogP) is 3.37. The number of hydrogen-bond acceptors (Lipinski definition) is 10. The summed E-state index contributed by atoms with van der Waals surface area (Å²) in [5.41, 5.74) is 5.71. The van der Waals surface area contributed by atoms with Crippen molar-refractivity contribution in [1.29, 1.82) is 0 Å². The number of pyridine rings is 1. The van der Waals surface area contributed by atoms with E-state index in [0.717, 1.165) is 0 Å². The Hall–Kier alpha value is -4.03. The van der Waals surface area contributed by atoms with Crippen molar-refractivity contribution in [3.05, 3.63) is 68.9 Å². The van der Waals surface area contributed by atoms with E-state index in [1.165, 1.54) is 24.4 Å². The second-order valence-electron chi connectivity index (χ2n) is 6.43. The number of non-ortho nitro benzene ring substituents is 1. The molecule has 0 aliphatic rings. The van der Waals surface area contributed by atoms with Crippen molar-refractivity contribution in [2.75, 3.05) is 46.4 Å². The van der Waals surface area contributed by atoms with Crippen LogP contribution in [0.1, 0.15) is 0 Å². The van der Waals surface area contributed by atoms with E-state index in [-0.39, 0.29) is 17.1 Å². The van der Waals surface area contributed by atoms with Gasteiger partial charge in [0.05, 0.1) is 35.2 Å². The minimum Gasteiger partial charge on any atom is -0.491 e. The number of nitro groups is 2. The summed E-state index contributed by atoms with van der Waals surface area (Å²) in [6.07, 6.45) is 1.53. The number of anilines is 1. The van der Waals surface area contributed by atoms with Gasteiger partial charge in [0.15, 0.2) is 0 Å². The molecule has 0 spiro atoms. The number of aromatic nitrogens is 1. The van der Waals surface area contributed by atoms with Gasteiger partial charge in [-0.05, 0) is 24.3 Å². The van der Waals surface area contributed by atoms with Gasteiger partial charge in [-0.25, -0.2) is 4.98 Å². The van der Waals surface area contributed by atoms with Crippen molar-refractivity contribution in [3.8, 4) is 11.5 Å². The zero-order valence-electron chi connectivity index (χ0n) is 18.1. The van der Waals surface area contributed by atoms with E-state index in [0.29, 0.717) is 48.8 Å². The number of hydrogen-bond donors (Lipinski definition) is 1. The smallest absolute Gasteiger partial charge is 0.299 e. The van der Waals surface area contributed by atoms with Crippen molar-refractivity contribution in [2.24, 2.45) is 0 Å². The fourth-order valence-corrected chi connectivity index (χ4v) is 2.63. The molecule has 0 radical (unpaired) electrons. The summed E-state index contributed by atoms with van der Waals surface area (Å²) >= 11 is 0. The minimum atomic E-state index is -0.543. The molecule has 2 N–H and O–H groups in total. The van der Waals surface area contributed by atoms with Gasteiger partial charge in [-0.1, -0.05) is 6.07 Å². The van der Waals surface area contributed by atoms with E-state index < -0.39 is 9.85 Å². The van der Waals surface area contributed by atoms with E-state index in [9.17, 15) is 20.2 Å². The summed E-state index contributed by atoms with van der Waals surface area (Å²) < 4.78 is 20.2. The van der Waals surface area contributed by atoms with Crippen molar-refractivity contribution >= 4 is 28.0 Å². The molecular formula is C21H24N4O8. The topological polar surface area (TPSA) is 162 Å². The van der Waals surface area contributed by atoms with Crippen LogP contribution in [-0.2, 0) is 9.47 Å². The second-order valence-corrected chi connectivity index (χ2v) is 6.43. The lowest BCUT2D eigenvalue weighted by molar-refractivity contribution is -0.384. The van der Waals surface area contributed by atoms with Crippen molar-refractivity contribution in [1.82, 2.24) is 4.98 Å². The molecule has 33 heavy (non-hydrogen) atoms. The average Bonchev–Trinajstić information content (AvgIpc) is 2.80. The van der Waals surface area contributed by atoms with Gasteiger partial charge in [0.1, 0.15) is 35.9 Å². The molecule has 0 saturated carbocycles. The molecule has 0 atom stereocenters. The maximum atomic E-state index is 11.0. The van der Waals surface area contributed by atoms with Crippen LogP contribution in [0.5, 0.6) is 11.5 Å². The lowest BCUT2D eigenvalue weighted by atomic mass is 10.2. The van der Waals surface area contributed by atoms with E-state index in [4.69, 9.17) is 24.7 Å². The largest absolute Gasteiger partial charge is 0.491 e. The molecule has 12 heteroatoms. The molecular weight excluding hydrogens is 436 g/mol. The average molecular weight is 460 g/mol. The van der Waals surface area contributed by atoms with Crippen LogP contribution in [0.25, 0.3) is 10.9 Å². The Labute approximate surface area is 189 Å². The zero-order valence-corrected chi connectivity index (χ0v) is 18.1. The highest BCUT2D eigenvalue weighted by Gasteiger charge is 2.15. The first-order chi connectivity index (χ1) is 15.9. The molecule has 0 saturated heterocycles. The minimum absolute atomic E-state index is 0.0551. The first-order valence-corrected chi connectivity index (χ1v) is 9.68. The maximum absolute atomic E-state index is 11.0. The van der Waals surface area contributed by atoms with E-state index in [2.05, 4.69) is 4.98 Å². The molecule has 2 aromatic carbocycles. The zero-order chi connectivity index (χ0) is 24.2. The molecule has 12 nitrogen and oxygen atoms in total.